The summed E-state index contributed by atoms with van der Waals surface area (Å²) in [6.45, 7) is 8.70. The van der Waals surface area contributed by atoms with Crippen molar-refractivity contribution in [1.29, 1.82) is 0 Å². The number of carbonyl (C=O) groups is 1. The first kappa shape index (κ1) is 32.2. The molecule has 9 nitrogen and oxygen atoms in total. The maximum absolute atomic E-state index is 13.9. The summed E-state index contributed by atoms with van der Waals surface area (Å²) < 4.78 is 18.7. The van der Waals surface area contributed by atoms with Crippen molar-refractivity contribution in [3.63, 3.8) is 0 Å². The lowest BCUT2D eigenvalue weighted by molar-refractivity contribution is 0.0696. The molecule has 0 spiro atoms. The Kier molecular flexibility index (Phi) is 9.72. The van der Waals surface area contributed by atoms with Crippen LogP contribution in [0.25, 0.3) is 22.3 Å². The number of fused-ring (bicyclic) bond motifs is 1. The Bertz CT molecular complexity index is 2020. The molecule has 0 aliphatic carbocycles. The normalized spacial score (nSPS) is 11.4. The van der Waals surface area contributed by atoms with Crippen molar-refractivity contribution in [3.8, 4) is 28.6 Å². The van der Waals surface area contributed by atoms with Gasteiger partial charge in [-0.1, -0.05) is 49.7 Å². The van der Waals surface area contributed by atoms with E-state index < -0.39 is 5.97 Å². The van der Waals surface area contributed by atoms with E-state index in [1.165, 1.54) is 30.1 Å². The third kappa shape index (κ3) is 6.74. The average molecular weight is 640 g/mol. The minimum Gasteiger partial charge on any atom is -0.494 e. The number of carboxylic acid groups (broad SMARTS) is 1. The second-order valence-corrected chi connectivity index (χ2v) is 11.3. The van der Waals surface area contributed by atoms with Crippen molar-refractivity contribution in [2.24, 2.45) is 5.10 Å². The van der Waals surface area contributed by atoms with E-state index in [4.69, 9.17) is 30.8 Å². The first-order chi connectivity index (χ1) is 22.1. The first-order valence-corrected chi connectivity index (χ1v) is 15.2. The third-order valence-corrected chi connectivity index (χ3v) is 7.69. The van der Waals surface area contributed by atoms with Crippen molar-refractivity contribution in [2.45, 2.75) is 40.2 Å². The summed E-state index contributed by atoms with van der Waals surface area (Å²) in [5.74, 6) is 0.971. The van der Waals surface area contributed by atoms with Gasteiger partial charge in [0.05, 0.1) is 41.4 Å². The van der Waals surface area contributed by atoms with Gasteiger partial charge in [-0.15, -0.1) is 0 Å². The number of para-hydroxylation sites is 1. The van der Waals surface area contributed by atoms with Crippen molar-refractivity contribution in [2.75, 3.05) is 13.7 Å². The van der Waals surface area contributed by atoms with Crippen LogP contribution in [-0.2, 0) is 6.61 Å². The van der Waals surface area contributed by atoms with Gasteiger partial charge in [-0.2, -0.15) is 9.78 Å². The molecule has 0 bridgehead atoms. The zero-order valence-electron chi connectivity index (χ0n) is 26.2. The molecule has 0 atom stereocenters. The summed E-state index contributed by atoms with van der Waals surface area (Å²) in [4.78, 5) is 30.1. The highest BCUT2D eigenvalue weighted by Gasteiger charge is 2.19. The molecule has 236 valence electrons. The third-order valence-electron chi connectivity index (χ3n) is 7.40. The van der Waals surface area contributed by atoms with Crippen LogP contribution >= 0.6 is 11.6 Å². The van der Waals surface area contributed by atoms with Crippen LogP contribution in [0.1, 0.15) is 59.3 Å². The molecule has 46 heavy (non-hydrogen) atoms. The number of hydrogen-bond donors (Lipinski definition) is 1. The van der Waals surface area contributed by atoms with Gasteiger partial charge in [0, 0.05) is 5.56 Å². The predicted octanol–water partition coefficient (Wildman–Crippen LogP) is 7.72. The average Bonchev–Trinajstić information content (AvgIpc) is 3.03. The molecule has 0 unspecified atom stereocenters. The van der Waals surface area contributed by atoms with Gasteiger partial charge in [0.25, 0.3) is 5.56 Å². The largest absolute Gasteiger partial charge is 0.494 e. The molecular weight excluding hydrogens is 606 g/mol. The number of aromatic nitrogens is 2. The fraction of sp³-hybridized carbons (Fsp3) is 0.222. The number of halogens is 1. The Morgan fingerprint density at radius 3 is 2.54 bits per heavy atom. The molecule has 1 aromatic heterocycles. The molecule has 1 N–H and O–H groups in total. The molecule has 0 saturated heterocycles. The standard InChI is InChI=1S/C36H34ClN3O6/c1-6-45-31-14-22(4)28(18-27(31)21(2)3)34-39-30-13-8-7-12-26(30)35(41)40(34)38-19-24-16-29(37)33(32(17-24)44-5)46-20-23-10-9-11-25(15-23)36(42)43/h7-19,21H,6,20H2,1-5H3,(H,42,43). The molecule has 0 aliphatic heterocycles. The number of ether oxygens (including phenoxy) is 3. The lowest BCUT2D eigenvalue weighted by Gasteiger charge is -2.18. The monoisotopic (exact) mass is 639 g/mol. The summed E-state index contributed by atoms with van der Waals surface area (Å²) in [6, 6.07) is 21.0. The van der Waals surface area contributed by atoms with Crippen molar-refractivity contribution in [3.05, 3.63) is 116 Å². The molecule has 4 aromatic carbocycles. The van der Waals surface area contributed by atoms with Crippen LogP contribution in [0.4, 0.5) is 0 Å². The molecule has 1 heterocycles. The van der Waals surface area contributed by atoms with E-state index in [0.717, 1.165) is 22.4 Å². The van der Waals surface area contributed by atoms with Crippen LogP contribution in [0.15, 0.2) is 82.7 Å². The Morgan fingerprint density at radius 2 is 1.83 bits per heavy atom. The fourth-order valence-corrected chi connectivity index (χ4v) is 5.38. The van der Waals surface area contributed by atoms with Crippen molar-refractivity contribution >= 4 is 34.7 Å². The maximum atomic E-state index is 13.9. The minimum atomic E-state index is -1.02. The van der Waals surface area contributed by atoms with Gasteiger partial charge in [-0.25, -0.2) is 9.78 Å². The van der Waals surface area contributed by atoms with Crippen LogP contribution in [0.2, 0.25) is 5.02 Å². The van der Waals surface area contributed by atoms with Crippen molar-refractivity contribution in [1.82, 2.24) is 9.66 Å². The summed E-state index contributed by atoms with van der Waals surface area (Å²) in [7, 11) is 1.49. The summed E-state index contributed by atoms with van der Waals surface area (Å²) in [5.41, 5.74) is 4.26. The van der Waals surface area contributed by atoms with Crippen LogP contribution in [0.3, 0.4) is 0 Å². The highest BCUT2D eigenvalue weighted by molar-refractivity contribution is 6.32. The maximum Gasteiger partial charge on any atom is 0.335 e. The summed E-state index contributed by atoms with van der Waals surface area (Å²) >= 11 is 6.63. The second-order valence-electron chi connectivity index (χ2n) is 10.9. The number of rotatable bonds is 11. The minimum absolute atomic E-state index is 0.0753. The number of carboxylic acids is 1. The highest BCUT2D eigenvalue weighted by atomic mass is 35.5. The topological polar surface area (TPSA) is 112 Å². The molecular formula is C36H34ClN3O6. The van der Waals surface area contributed by atoms with Crippen molar-refractivity contribution < 1.29 is 24.1 Å². The number of nitrogens with zero attached hydrogens (tertiary/aromatic N) is 3. The van der Waals surface area contributed by atoms with Gasteiger partial charge < -0.3 is 19.3 Å². The second kappa shape index (κ2) is 13.9. The van der Waals surface area contributed by atoms with E-state index in [2.05, 4.69) is 18.9 Å². The van der Waals surface area contributed by atoms with Gasteiger partial charge in [0.1, 0.15) is 12.4 Å². The molecule has 0 aliphatic rings. The van der Waals surface area contributed by atoms with E-state index in [9.17, 15) is 14.7 Å². The van der Waals surface area contributed by atoms with E-state index in [1.54, 1.807) is 36.4 Å². The SMILES string of the molecule is CCOc1cc(C)c(-c2nc3ccccc3c(=O)n2N=Cc2cc(Cl)c(OCc3cccc(C(=O)O)c3)c(OC)c2)cc1C(C)C. The van der Waals surface area contributed by atoms with E-state index in [0.29, 0.717) is 46.0 Å². The molecule has 0 amide bonds. The smallest absolute Gasteiger partial charge is 0.335 e. The van der Waals surface area contributed by atoms with Gasteiger partial charge in [-0.05, 0) is 90.6 Å². The number of aryl methyl sites for hydroxylation is 1. The zero-order valence-corrected chi connectivity index (χ0v) is 27.0. The number of benzene rings is 4. The summed E-state index contributed by atoms with van der Waals surface area (Å²) in [6.07, 6.45) is 1.52. The quantitative estimate of drug-likeness (QED) is 0.147. The van der Waals surface area contributed by atoms with Gasteiger partial charge >= 0.3 is 5.97 Å². The zero-order chi connectivity index (χ0) is 33.0. The van der Waals surface area contributed by atoms with E-state index in [1.807, 2.05) is 38.1 Å². The van der Waals surface area contributed by atoms with Crippen LogP contribution in [-0.4, -0.2) is 40.7 Å². The van der Waals surface area contributed by atoms with Gasteiger partial charge in [-0.3, -0.25) is 4.79 Å². The van der Waals surface area contributed by atoms with Gasteiger partial charge in [0.2, 0.25) is 0 Å². The van der Waals surface area contributed by atoms with Crippen LogP contribution < -0.4 is 19.8 Å². The molecule has 0 radical (unpaired) electrons. The Hall–Kier alpha value is -5.15. The van der Waals surface area contributed by atoms with Gasteiger partial charge in [0.15, 0.2) is 17.3 Å². The van der Waals surface area contributed by atoms with Crippen LogP contribution in [0, 0.1) is 6.92 Å². The molecule has 5 rings (SSSR count). The number of methoxy groups -OCH3 is 1. The molecule has 0 fully saturated rings. The van der Waals surface area contributed by atoms with Crippen LogP contribution in [0.5, 0.6) is 17.2 Å². The van der Waals surface area contributed by atoms with E-state index >= 15 is 0 Å². The molecule has 5 aromatic rings. The molecule has 0 saturated carbocycles. The summed E-state index contributed by atoms with van der Waals surface area (Å²) in [5, 5.41) is 14.6. The Balaban J connectivity index is 1.56. The lowest BCUT2D eigenvalue weighted by atomic mass is 9.96. The Morgan fingerprint density at radius 1 is 1.04 bits per heavy atom. The van der Waals surface area contributed by atoms with E-state index in [-0.39, 0.29) is 28.7 Å². The Labute approximate surface area is 271 Å². The number of hydrogen-bond acceptors (Lipinski definition) is 7. The lowest BCUT2D eigenvalue weighted by Crippen LogP contribution is -2.21. The highest BCUT2D eigenvalue weighted by Crippen LogP contribution is 2.37. The fourth-order valence-electron chi connectivity index (χ4n) is 5.10. The predicted molar refractivity (Wildman–Crippen MR) is 180 cm³/mol. The first-order valence-electron chi connectivity index (χ1n) is 14.8. The number of aromatic carboxylic acids is 1. The molecule has 10 heteroatoms.